The Balaban J connectivity index is 1.76. The number of hydrogen-bond acceptors (Lipinski definition) is 3. The Morgan fingerprint density at radius 2 is 1.71 bits per heavy atom. The molecule has 0 heterocycles. The zero-order chi connectivity index (χ0) is 20.5. The third-order valence-corrected chi connectivity index (χ3v) is 4.74. The Kier molecular flexibility index (Phi) is 8.19. The van der Waals surface area contributed by atoms with Gasteiger partial charge in [-0.15, -0.1) is 0 Å². The van der Waals surface area contributed by atoms with Crippen molar-refractivity contribution in [2.45, 2.75) is 19.8 Å². The van der Waals surface area contributed by atoms with Crippen molar-refractivity contribution < 1.29 is 14.4 Å². The van der Waals surface area contributed by atoms with Crippen molar-refractivity contribution in [2.24, 2.45) is 0 Å². The number of anilines is 1. The SMILES string of the molecule is CCc1ccccc1NC(=O)CN(C)C(=O)CCNC(=O)c1ccc(Br)cc1. The molecule has 0 atom stereocenters. The van der Waals surface area contributed by atoms with E-state index in [2.05, 4.69) is 26.6 Å². The van der Waals surface area contributed by atoms with E-state index in [0.29, 0.717) is 5.56 Å². The third kappa shape index (κ3) is 6.49. The average molecular weight is 446 g/mol. The van der Waals surface area contributed by atoms with Gasteiger partial charge in [0, 0.05) is 35.7 Å². The zero-order valence-corrected chi connectivity index (χ0v) is 17.6. The molecular formula is C21H24BrN3O3. The van der Waals surface area contributed by atoms with E-state index >= 15 is 0 Å². The average Bonchev–Trinajstić information content (AvgIpc) is 2.68. The molecule has 2 aromatic rings. The van der Waals surface area contributed by atoms with Crippen LogP contribution in [0.3, 0.4) is 0 Å². The fourth-order valence-corrected chi connectivity index (χ4v) is 2.89. The monoisotopic (exact) mass is 445 g/mol. The van der Waals surface area contributed by atoms with Gasteiger partial charge in [-0.3, -0.25) is 14.4 Å². The molecule has 28 heavy (non-hydrogen) atoms. The van der Waals surface area contributed by atoms with Gasteiger partial charge >= 0.3 is 0 Å². The Labute approximate surface area is 173 Å². The second kappa shape index (κ2) is 10.6. The third-order valence-electron chi connectivity index (χ3n) is 4.21. The maximum absolute atomic E-state index is 12.2. The molecule has 0 bridgehead atoms. The number of benzene rings is 2. The Bertz CT molecular complexity index is 837. The minimum Gasteiger partial charge on any atom is -0.352 e. The second-order valence-electron chi connectivity index (χ2n) is 6.32. The van der Waals surface area contributed by atoms with Gasteiger partial charge in [-0.25, -0.2) is 0 Å². The van der Waals surface area contributed by atoms with Crippen LogP contribution in [0.25, 0.3) is 0 Å². The lowest BCUT2D eigenvalue weighted by Crippen LogP contribution is -2.37. The number of nitrogens with zero attached hydrogens (tertiary/aromatic N) is 1. The quantitative estimate of drug-likeness (QED) is 0.654. The van der Waals surface area contributed by atoms with E-state index in [4.69, 9.17) is 0 Å². The van der Waals surface area contributed by atoms with E-state index < -0.39 is 0 Å². The van der Waals surface area contributed by atoms with E-state index in [-0.39, 0.29) is 37.2 Å². The summed E-state index contributed by atoms with van der Waals surface area (Å²) in [5, 5.41) is 5.55. The number of halogens is 1. The van der Waals surface area contributed by atoms with E-state index in [0.717, 1.165) is 22.1 Å². The molecule has 0 spiro atoms. The molecular weight excluding hydrogens is 422 g/mol. The smallest absolute Gasteiger partial charge is 0.251 e. The molecule has 3 amide bonds. The Hall–Kier alpha value is -2.67. The van der Waals surface area contributed by atoms with E-state index in [1.54, 1.807) is 31.3 Å². The number of rotatable bonds is 8. The number of likely N-dealkylation sites (N-methyl/N-ethyl adjacent to an activating group) is 1. The number of hydrogen-bond donors (Lipinski definition) is 2. The maximum atomic E-state index is 12.2. The molecule has 2 N–H and O–H groups in total. The van der Waals surface area contributed by atoms with Crippen LogP contribution < -0.4 is 10.6 Å². The van der Waals surface area contributed by atoms with Crippen LogP contribution in [-0.4, -0.2) is 42.8 Å². The Morgan fingerprint density at radius 3 is 2.39 bits per heavy atom. The Morgan fingerprint density at radius 1 is 1.04 bits per heavy atom. The van der Waals surface area contributed by atoms with Crippen LogP contribution in [0.5, 0.6) is 0 Å². The first-order valence-electron chi connectivity index (χ1n) is 9.06. The summed E-state index contributed by atoms with van der Waals surface area (Å²) >= 11 is 3.32. The molecule has 7 heteroatoms. The summed E-state index contributed by atoms with van der Waals surface area (Å²) in [5.41, 5.74) is 2.33. The molecule has 6 nitrogen and oxygen atoms in total. The van der Waals surface area contributed by atoms with Crippen molar-refractivity contribution in [1.82, 2.24) is 10.2 Å². The van der Waals surface area contributed by atoms with Crippen molar-refractivity contribution in [3.8, 4) is 0 Å². The lowest BCUT2D eigenvalue weighted by molar-refractivity contribution is -0.133. The number of amides is 3. The highest BCUT2D eigenvalue weighted by molar-refractivity contribution is 9.10. The summed E-state index contributed by atoms with van der Waals surface area (Å²) in [6, 6.07) is 14.5. The van der Waals surface area contributed by atoms with Crippen LogP contribution in [0.15, 0.2) is 53.0 Å². The maximum Gasteiger partial charge on any atom is 0.251 e. The van der Waals surface area contributed by atoms with Gasteiger partial charge in [0.2, 0.25) is 11.8 Å². The predicted octanol–water partition coefficient (Wildman–Crippen LogP) is 3.23. The molecule has 0 aromatic heterocycles. The number of nitrogens with one attached hydrogen (secondary N) is 2. The lowest BCUT2D eigenvalue weighted by Gasteiger charge is -2.18. The van der Waals surface area contributed by atoms with Gasteiger partial charge in [0.25, 0.3) is 5.91 Å². The molecule has 0 saturated heterocycles. The summed E-state index contributed by atoms with van der Waals surface area (Å²) in [6.07, 6.45) is 0.931. The van der Waals surface area contributed by atoms with Gasteiger partial charge in [-0.1, -0.05) is 41.1 Å². The fraction of sp³-hybridized carbons (Fsp3) is 0.286. The minimum absolute atomic E-state index is 0.0441. The van der Waals surface area contributed by atoms with Crippen LogP contribution in [0.4, 0.5) is 5.69 Å². The van der Waals surface area contributed by atoms with Gasteiger partial charge in [0.05, 0.1) is 6.54 Å². The molecule has 0 radical (unpaired) electrons. The molecule has 0 aliphatic carbocycles. The predicted molar refractivity (Wildman–Crippen MR) is 113 cm³/mol. The van der Waals surface area contributed by atoms with Crippen LogP contribution in [0.1, 0.15) is 29.3 Å². The molecule has 0 aliphatic rings. The van der Waals surface area contributed by atoms with Gasteiger partial charge in [-0.2, -0.15) is 0 Å². The topological polar surface area (TPSA) is 78.5 Å². The van der Waals surface area contributed by atoms with Crippen molar-refractivity contribution in [1.29, 1.82) is 0 Å². The second-order valence-corrected chi connectivity index (χ2v) is 7.24. The first kappa shape index (κ1) is 21.6. The first-order valence-corrected chi connectivity index (χ1v) is 9.85. The number of para-hydroxylation sites is 1. The van der Waals surface area contributed by atoms with E-state index in [1.165, 1.54) is 4.90 Å². The molecule has 0 unspecified atom stereocenters. The van der Waals surface area contributed by atoms with Crippen molar-refractivity contribution in [3.63, 3.8) is 0 Å². The van der Waals surface area contributed by atoms with Gasteiger partial charge in [-0.05, 0) is 42.3 Å². The summed E-state index contributed by atoms with van der Waals surface area (Å²) in [7, 11) is 1.57. The van der Waals surface area contributed by atoms with Crippen molar-refractivity contribution in [3.05, 3.63) is 64.1 Å². The van der Waals surface area contributed by atoms with E-state index in [9.17, 15) is 14.4 Å². The zero-order valence-electron chi connectivity index (χ0n) is 16.0. The van der Waals surface area contributed by atoms with Crippen molar-refractivity contribution >= 4 is 39.3 Å². The van der Waals surface area contributed by atoms with E-state index in [1.807, 2.05) is 31.2 Å². The van der Waals surface area contributed by atoms with Crippen molar-refractivity contribution in [2.75, 3.05) is 25.5 Å². The fourth-order valence-electron chi connectivity index (χ4n) is 2.62. The normalized spacial score (nSPS) is 10.2. The molecule has 0 aliphatic heterocycles. The number of aryl methyl sites for hydroxylation is 1. The lowest BCUT2D eigenvalue weighted by atomic mass is 10.1. The van der Waals surface area contributed by atoms with Gasteiger partial charge in [0.15, 0.2) is 0 Å². The molecule has 0 fully saturated rings. The highest BCUT2D eigenvalue weighted by atomic mass is 79.9. The van der Waals surface area contributed by atoms with Crippen LogP contribution in [-0.2, 0) is 16.0 Å². The highest BCUT2D eigenvalue weighted by Gasteiger charge is 2.14. The number of carbonyl (C=O) groups excluding carboxylic acids is 3. The summed E-state index contributed by atoms with van der Waals surface area (Å²) in [5.74, 6) is -0.706. The number of carbonyl (C=O) groups is 3. The largest absolute Gasteiger partial charge is 0.352 e. The van der Waals surface area contributed by atoms with Crippen LogP contribution >= 0.6 is 15.9 Å². The molecule has 2 rings (SSSR count). The molecule has 0 saturated carbocycles. The standard InChI is InChI=1S/C21H24BrN3O3/c1-3-15-6-4-5-7-18(15)24-19(26)14-25(2)20(27)12-13-23-21(28)16-8-10-17(22)11-9-16/h4-11H,3,12-14H2,1-2H3,(H,23,28)(H,24,26). The highest BCUT2D eigenvalue weighted by Crippen LogP contribution is 2.15. The summed E-state index contributed by atoms with van der Waals surface area (Å²) in [4.78, 5) is 37.8. The summed E-state index contributed by atoms with van der Waals surface area (Å²) < 4.78 is 0.890. The minimum atomic E-state index is -0.254. The summed E-state index contributed by atoms with van der Waals surface area (Å²) in [6.45, 7) is 2.18. The molecule has 2 aromatic carbocycles. The molecule has 148 valence electrons. The van der Waals surface area contributed by atoms with Crippen LogP contribution in [0, 0.1) is 0 Å². The van der Waals surface area contributed by atoms with Gasteiger partial charge < -0.3 is 15.5 Å². The first-order chi connectivity index (χ1) is 13.4. The van der Waals surface area contributed by atoms with Crippen LogP contribution in [0.2, 0.25) is 0 Å². The van der Waals surface area contributed by atoms with Gasteiger partial charge in [0.1, 0.15) is 0 Å².